The van der Waals surface area contributed by atoms with Crippen LogP contribution in [-0.2, 0) is 16.0 Å². The number of rotatable bonds is 9. The summed E-state index contributed by atoms with van der Waals surface area (Å²) in [4.78, 5) is 15.3. The molecule has 0 bridgehead atoms. The van der Waals surface area contributed by atoms with E-state index in [1.807, 2.05) is 10.9 Å². The maximum absolute atomic E-state index is 13.4. The Morgan fingerprint density at radius 2 is 2.10 bits per heavy atom. The topological polar surface area (TPSA) is 56.2 Å². The van der Waals surface area contributed by atoms with Gasteiger partial charge in [0.05, 0.1) is 12.0 Å². The van der Waals surface area contributed by atoms with Crippen LogP contribution in [0.4, 0.5) is 4.39 Å². The predicted molar refractivity (Wildman–Crippen MR) is 121 cm³/mol. The molecule has 0 aliphatic heterocycles. The van der Waals surface area contributed by atoms with Crippen molar-refractivity contribution in [1.29, 1.82) is 0 Å². The fraction of sp³-hybridized carbons (Fsp3) is 0.500. The van der Waals surface area contributed by atoms with Crippen LogP contribution in [-0.4, -0.2) is 29.1 Å². The van der Waals surface area contributed by atoms with Crippen LogP contribution in [0.25, 0.3) is 5.70 Å². The van der Waals surface area contributed by atoms with Crippen LogP contribution in [0.15, 0.2) is 54.5 Å². The number of hydrogen-bond donors (Lipinski definition) is 1. The monoisotopic (exact) mass is 417 g/mol. The zero-order chi connectivity index (χ0) is 22.5. The molecule has 1 saturated carbocycles. The molecule has 6 heteroatoms. The fourth-order valence-corrected chi connectivity index (χ4v) is 2.62. The molecule has 30 heavy (non-hydrogen) atoms. The Bertz CT molecular complexity index is 786. The van der Waals surface area contributed by atoms with E-state index in [1.165, 1.54) is 38.1 Å². The molecule has 0 aromatic carbocycles. The molecule has 0 atom stereocenters. The van der Waals surface area contributed by atoms with Gasteiger partial charge in [0.2, 0.25) is 0 Å². The highest BCUT2D eigenvalue weighted by Gasteiger charge is 2.18. The molecule has 0 radical (unpaired) electrons. The molecule has 0 saturated heterocycles. The molecule has 1 heterocycles. The summed E-state index contributed by atoms with van der Waals surface area (Å²) in [7, 11) is 1.52. The Hall–Kier alpha value is -2.63. The number of carbonyl (C=O) groups excluding carboxylic acids is 1. The van der Waals surface area contributed by atoms with Gasteiger partial charge in [0.25, 0.3) is 5.91 Å². The van der Waals surface area contributed by atoms with Gasteiger partial charge in [0.15, 0.2) is 6.61 Å². The summed E-state index contributed by atoms with van der Waals surface area (Å²) in [6, 6.07) is 0. The Morgan fingerprint density at radius 3 is 2.60 bits per heavy atom. The molecule has 0 spiro atoms. The Morgan fingerprint density at radius 1 is 1.40 bits per heavy atom. The highest BCUT2D eigenvalue weighted by Crippen LogP contribution is 2.29. The van der Waals surface area contributed by atoms with Gasteiger partial charge < -0.3 is 14.6 Å². The number of ether oxygens (including phenoxy) is 1. The second-order valence-electron chi connectivity index (χ2n) is 7.31. The Labute approximate surface area is 180 Å². The van der Waals surface area contributed by atoms with E-state index >= 15 is 0 Å². The summed E-state index contributed by atoms with van der Waals surface area (Å²) in [6.07, 6.45) is 14.9. The Kier molecular flexibility index (Phi) is 11.5. The van der Waals surface area contributed by atoms with Gasteiger partial charge in [-0.1, -0.05) is 38.8 Å². The molecule has 1 aromatic heterocycles. The van der Waals surface area contributed by atoms with E-state index in [4.69, 9.17) is 4.74 Å². The van der Waals surface area contributed by atoms with Crippen molar-refractivity contribution in [2.45, 2.75) is 59.8 Å². The van der Waals surface area contributed by atoms with Crippen molar-refractivity contribution in [3.8, 4) is 0 Å². The van der Waals surface area contributed by atoms with Crippen molar-refractivity contribution in [3.63, 3.8) is 0 Å². The van der Waals surface area contributed by atoms with Gasteiger partial charge in [-0.15, -0.1) is 0 Å². The minimum Gasteiger partial charge on any atom is -0.484 e. The first-order valence-electron chi connectivity index (χ1n) is 10.6. The van der Waals surface area contributed by atoms with Crippen LogP contribution < -0.4 is 5.32 Å². The summed E-state index contributed by atoms with van der Waals surface area (Å²) >= 11 is 0. The average molecular weight is 418 g/mol. The van der Waals surface area contributed by atoms with Crippen LogP contribution in [0.2, 0.25) is 0 Å². The summed E-state index contributed by atoms with van der Waals surface area (Å²) in [5, 5.41) is 2.41. The number of hydrogen-bond acceptors (Lipinski definition) is 3. The van der Waals surface area contributed by atoms with E-state index in [9.17, 15) is 9.18 Å². The molecular formula is C24H36FN3O2. The van der Waals surface area contributed by atoms with Crippen molar-refractivity contribution in [2.24, 2.45) is 5.92 Å². The van der Waals surface area contributed by atoms with E-state index < -0.39 is 0 Å². The highest BCUT2D eigenvalue weighted by atomic mass is 19.1. The molecule has 166 valence electrons. The number of nitrogens with zero attached hydrogens (tertiary/aromatic N) is 2. The minimum absolute atomic E-state index is 0.116. The van der Waals surface area contributed by atoms with Crippen molar-refractivity contribution in [3.05, 3.63) is 60.2 Å². The largest absolute Gasteiger partial charge is 0.484 e. The third kappa shape index (κ3) is 8.80. The first kappa shape index (κ1) is 25.4. The number of aromatic nitrogens is 2. The summed E-state index contributed by atoms with van der Waals surface area (Å²) in [5.74, 6) is 0.610. The lowest BCUT2D eigenvalue weighted by Crippen LogP contribution is -2.22. The molecule has 0 unspecified atom stereocenters. The number of imidazole rings is 1. The van der Waals surface area contributed by atoms with Crippen molar-refractivity contribution in [2.75, 3.05) is 13.7 Å². The summed E-state index contributed by atoms with van der Waals surface area (Å²) < 4.78 is 20.6. The second-order valence-corrected chi connectivity index (χ2v) is 7.31. The van der Waals surface area contributed by atoms with Crippen LogP contribution in [0.1, 0.15) is 59.1 Å². The van der Waals surface area contributed by atoms with Gasteiger partial charge >= 0.3 is 0 Å². The van der Waals surface area contributed by atoms with Gasteiger partial charge in [0.1, 0.15) is 11.6 Å². The number of likely N-dealkylation sites (N-methyl/N-ethyl adjacent to an activating group) is 1. The van der Waals surface area contributed by atoms with E-state index in [2.05, 4.69) is 30.0 Å². The normalized spacial score (nSPS) is 15.1. The van der Waals surface area contributed by atoms with Crippen molar-refractivity contribution in [1.82, 2.24) is 14.9 Å². The number of carbonyl (C=O) groups is 1. The lowest BCUT2D eigenvalue weighted by atomic mass is 9.82. The zero-order valence-corrected chi connectivity index (χ0v) is 19.0. The van der Waals surface area contributed by atoms with E-state index in [1.54, 1.807) is 32.9 Å². The van der Waals surface area contributed by atoms with Gasteiger partial charge in [-0.3, -0.25) is 4.79 Å². The predicted octanol–water partition coefficient (Wildman–Crippen LogP) is 5.58. The number of nitrogens with one attached hydrogen (secondary N) is 1. The van der Waals surface area contributed by atoms with E-state index in [0.717, 1.165) is 24.5 Å². The molecule has 1 fully saturated rings. The zero-order valence-electron chi connectivity index (χ0n) is 19.0. The maximum Gasteiger partial charge on any atom is 0.257 e. The first-order valence-corrected chi connectivity index (χ1v) is 10.6. The molecule has 1 aliphatic rings. The van der Waals surface area contributed by atoms with Gasteiger partial charge in [-0.2, -0.15) is 0 Å². The molecule has 1 aliphatic carbocycles. The van der Waals surface area contributed by atoms with Crippen LogP contribution in [0.5, 0.6) is 0 Å². The maximum atomic E-state index is 13.4. The van der Waals surface area contributed by atoms with Gasteiger partial charge in [-0.25, -0.2) is 9.37 Å². The molecule has 1 N–H and O–H groups in total. The molecular weight excluding hydrogens is 381 g/mol. The third-order valence-corrected chi connectivity index (χ3v) is 5.14. The van der Waals surface area contributed by atoms with Gasteiger partial charge in [0, 0.05) is 25.0 Å². The smallest absolute Gasteiger partial charge is 0.257 e. The second kappa shape index (κ2) is 13.6. The van der Waals surface area contributed by atoms with Gasteiger partial charge in [-0.05, 0) is 51.2 Å². The minimum atomic E-state index is -0.368. The number of halogens is 1. The average Bonchev–Trinajstić information content (AvgIpc) is 3.21. The lowest BCUT2D eigenvalue weighted by molar-refractivity contribution is -0.123. The van der Waals surface area contributed by atoms with Crippen LogP contribution in [0.3, 0.4) is 0 Å². The van der Waals surface area contributed by atoms with Crippen LogP contribution in [0, 0.1) is 5.92 Å². The number of amides is 1. The quantitative estimate of drug-likeness (QED) is 0.422. The first-order chi connectivity index (χ1) is 14.3. The fourth-order valence-electron chi connectivity index (χ4n) is 2.62. The highest BCUT2D eigenvalue weighted by molar-refractivity contribution is 5.76. The summed E-state index contributed by atoms with van der Waals surface area (Å²) in [6.45, 7) is 11.1. The van der Waals surface area contributed by atoms with E-state index in [-0.39, 0.29) is 18.3 Å². The lowest BCUT2D eigenvalue weighted by Gasteiger charge is -2.24. The third-order valence-electron chi connectivity index (χ3n) is 5.14. The Balaban J connectivity index is 0.000000301. The molecule has 1 aromatic rings. The molecule has 5 nitrogen and oxygen atoms in total. The number of allylic oxidation sites excluding steroid dienone is 6. The SMILES string of the molecule is C=C(CC)n1cnc(CC2CCC2)c1.C\C=C(C)/C(F)=C\C(=C/C)OCC(=O)NC. The standard InChI is InChI=1S/C12H18FNO2.C12H18N2/c1-5-9(3)11(13)7-10(6-2)16-8-12(15)14-4;1-3-10(2)14-8-12(13-9-14)7-11-5-4-6-11/h5-7H,8H2,1-4H3,(H,14,15);8-9,11H,2-7H2,1H3/b9-5-,10-6+,11-7+;. The van der Waals surface area contributed by atoms with Crippen molar-refractivity contribution >= 4 is 11.6 Å². The molecule has 2 rings (SSSR count). The summed E-state index contributed by atoms with van der Waals surface area (Å²) in [5.41, 5.74) is 2.88. The van der Waals surface area contributed by atoms with Crippen molar-refractivity contribution < 1.29 is 13.9 Å². The molecule has 1 amide bonds. The van der Waals surface area contributed by atoms with Crippen LogP contribution >= 0.6 is 0 Å². The van der Waals surface area contributed by atoms with E-state index in [0.29, 0.717) is 11.3 Å².